The van der Waals surface area contributed by atoms with Crippen LogP contribution in [0.5, 0.6) is 5.75 Å². The van der Waals surface area contributed by atoms with Crippen molar-refractivity contribution in [3.63, 3.8) is 0 Å². The third-order valence-electron chi connectivity index (χ3n) is 4.83. The molecule has 11 nitrogen and oxygen atoms in total. The number of halogens is 1. The molecule has 4 rings (SSSR count). The first-order valence-electron chi connectivity index (χ1n) is 9.92. The second kappa shape index (κ2) is 8.76. The van der Waals surface area contributed by atoms with Crippen molar-refractivity contribution in [3.05, 3.63) is 51.7 Å². The minimum atomic E-state index is -0.377. The Balaban J connectivity index is 1.79. The highest BCUT2D eigenvalue weighted by Gasteiger charge is 2.16. The number of likely N-dealkylation sites (N-methyl/N-ethyl adjacent to an activating group) is 1. The summed E-state index contributed by atoms with van der Waals surface area (Å²) in [4.78, 5) is 33.1. The zero-order valence-electron chi connectivity index (χ0n) is 18.0. The SMILES string of the molecule is CNC(=O)COc1cc2cc(Nc3cc(Cl)nc4c(C#N)cnn34)cnc2n(C(C)C)c1=O. The number of carbonyl (C=O) groups excluding carboxylic acids is 1. The van der Waals surface area contributed by atoms with Gasteiger partial charge in [0, 0.05) is 24.5 Å². The number of nitriles is 1. The zero-order chi connectivity index (χ0) is 23.7. The normalized spacial score (nSPS) is 11.0. The van der Waals surface area contributed by atoms with Gasteiger partial charge in [0.2, 0.25) is 0 Å². The largest absolute Gasteiger partial charge is 0.478 e. The zero-order valence-corrected chi connectivity index (χ0v) is 18.7. The van der Waals surface area contributed by atoms with E-state index in [9.17, 15) is 14.9 Å². The van der Waals surface area contributed by atoms with Gasteiger partial charge in [0.05, 0.1) is 18.1 Å². The van der Waals surface area contributed by atoms with Crippen molar-refractivity contribution in [2.45, 2.75) is 19.9 Å². The average molecular weight is 467 g/mol. The molecule has 0 saturated heterocycles. The van der Waals surface area contributed by atoms with Crippen molar-refractivity contribution in [2.24, 2.45) is 0 Å². The number of hydrogen-bond donors (Lipinski definition) is 2. The molecule has 0 unspecified atom stereocenters. The van der Waals surface area contributed by atoms with Gasteiger partial charge in [-0.05, 0) is 26.0 Å². The molecule has 1 amide bonds. The minimum absolute atomic E-state index is 0.0406. The number of nitrogens with zero attached hydrogens (tertiary/aromatic N) is 6. The Morgan fingerprint density at radius 1 is 1.27 bits per heavy atom. The number of rotatable bonds is 6. The summed E-state index contributed by atoms with van der Waals surface area (Å²) in [5.41, 5.74) is 1.27. The van der Waals surface area contributed by atoms with Crippen LogP contribution in [-0.4, -0.2) is 43.7 Å². The molecule has 0 atom stereocenters. The Hall–Kier alpha value is -4.17. The van der Waals surface area contributed by atoms with E-state index >= 15 is 0 Å². The maximum atomic E-state index is 12.9. The Morgan fingerprint density at radius 3 is 2.76 bits per heavy atom. The highest BCUT2D eigenvalue weighted by molar-refractivity contribution is 6.29. The summed E-state index contributed by atoms with van der Waals surface area (Å²) in [6.07, 6.45) is 2.97. The Bertz CT molecular complexity index is 1490. The Labute approximate surface area is 192 Å². The van der Waals surface area contributed by atoms with Crippen LogP contribution in [0.3, 0.4) is 0 Å². The van der Waals surface area contributed by atoms with E-state index in [0.29, 0.717) is 28.2 Å². The fraction of sp³-hybridized carbons (Fsp3) is 0.238. The second-order valence-corrected chi connectivity index (χ2v) is 7.76. The van der Waals surface area contributed by atoms with Gasteiger partial charge in [-0.3, -0.25) is 14.2 Å². The quantitative estimate of drug-likeness (QED) is 0.413. The molecular formula is C21H19ClN8O3. The van der Waals surface area contributed by atoms with Crippen LogP contribution in [0.1, 0.15) is 25.5 Å². The van der Waals surface area contributed by atoms with E-state index in [2.05, 4.69) is 25.7 Å². The van der Waals surface area contributed by atoms with Gasteiger partial charge in [-0.15, -0.1) is 0 Å². The Morgan fingerprint density at radius 2 is 2.06 bits per heavy atom. The monoisotopic (exact) mass is 466 g/mol. The molecule has 4 heterocycles. The lowest BCUT2D eigenvalue weighted by atomic mass is 10.2. The van der Waals surface area contributed by atoms with E-state index in [1.807, 2.05) is 19.9 Å². The van der Waals surface area contributed by atoms with Crippen LogP contribution < -0.4 is 20.9 Å². The van der Waals surface area contributed by atoms with E-state index in [1.165, 1.54) is 22.3 Å². The number of ether oxygens (including phenoxy) is 1. The highest BCUT2D eigenvalue weighted by Crippen LogP contribution is 2.26. The number of carbonyl (C=O) groups is 1. The van der Waals surface area contributed by atoms with Crippen LogP contribution in [0.15, 0.2) is 35.4 Å². The first-order chi connectivity index (χ1) is 15.8. The fourth-order valence-corrected chi connectivity index (χ4v) is 3.50. The first kappa shape index (κ1) is 22.0. The molecule has 4 aromatic heterocycles. The number of anilines is 2. The molecule has 0 aliphatic heterocycles. The number of fused-ring (bicyclic) bond motifs is 2. The average Bonchev–Trinajstić information content (AvgIpc) is 3.20. The summed E-state index contributed by atoms with van der Waals surface area (Å²) in [5.74, 6) is 0.161. The topological polar surface area (TPSA) is 139 Å². The fourth-order valence-electron chi connectivity index (χ4n) is 3.32. The van der Waals surface area contributed by atoms with Gasteiger partial charge in [-0.2, -0.15) is 14.9 Å². The summed E-state index contributed by atoms with van der Waals surface area (Å²) in [7, 11) is 1.49. The molecular weight excluding hydrogens is 448 g/mol. The molecule has 4 aromatic rings. The van der Waals surface area contributed by atoms with Crippen LogP contribution in [0.2, 0.25) is 5.15 Å². The number of hydrogen-bond acceptors (Lipinski definition) is 8. The number of pyridine rings is 2. The predicted octanol–water partition coefficient (Wildman–Crippen LogP) is 2.41. The van der Waals surface area contributed by atoms with Crippen molar-refractivity contribution in [2.75, 3.05) is 19.0 Å². The van der Waals surface area contributed by atoms with E-state index in [1.54, 1.807) is 24.4 Å². The molecule has 0 fully saturated rings. The van der Waals surface area contributed by atoms with Gasteiger partial charge < -0.3 is 15.4 Å². The van der Waals surface area contributed by atoms with Gasteiger partial charge in [0.1, 0.15) is 28.3 Å². The third kappa shape index (κ3) is 4.16. The van der Waals surface area contributed by atoms with E-state index in [-0.39, 0.29) is 40.6 Å². The summed E-state index contributed by atoms with van der Waals surface area (Å²) in [6.45, 7) is 3.43. The molecule has 0 bridgehead atoms. The van der Waals surface area contributed by atoms with Crippen LogP contribution in [0.4, 0.5) is 11.5 Å². The summed E-state index contributed by atoms with van der Waals surface area (Å²) >= 11 is 6.13. The third-order valence-corrected chi connectivity index (χ3v) is 5.02. The summed E-state index contributed by atoms with van der Waals surface area (Å²) in [5, 5.41) is 19.9. The molecule has 0 aliphatic carbocycles. The molecule has 0 radical (unpaired) electrons. The van der Waals surface area contributed by atoms with E-state index < -0.39 is 0 Å². The van der Waals surface area contributed by atoms with E-state index in [0.717, 1.165) is 0 Å². The van der Waals surface area contributed by atoms with Gasteiger partial charge in [-0.25, -0.2) is 9.97 Å². The van der Waals surface area contributed by atoms with Crippen molar-refractivity contribution in [1.29, 1.82) is 5.26 Å². The number of nitrogens with one attached hydrogen (secondary N) is 2. The van der Waals surface area contributed by atoms with Gasteiger partial charge in [0.15, 0.2) is 18.0 Å². The van der Waals surface area contributed by atoms with Crippen LogP contribution in [-0.2, 0) is 4.79 Å². The minimum Gasteiger partial charge on any atom is -0.478 e. The van der Waals surface area contributed by atoms with Crippen molar-refractivity contribution < 1.29 is 9.53 Å². The molecule has 0 saturated carbocycles. The molecule has 2 N–H and O–H groups in total. The summed E-state index contributed by atoms with van der Waals surface area (Å²) < 4.78 is 8.44. The predicted molar refractivity (Wildman–Crippen MR) is 122 cm³/mol. The van der Waals surface area contributed by atoms with Crippen LogP contribution >= 0.6 is 11.6 Å². The second-order valence-electron chi connectivity index (χ2n) is 7.37. The van der Waals surface area contributed by atoms with Crippen LogP contribution in [0, 0.1) is 11.3 Å². The molecule has 168 valence electrons. The van der Waals surface area contributed by atoms with Gasteiger partial charge >= 0.3 is 0 Å². The van der Waals surface area contributed by atoms with Crippen molar-refractivity contribution in [3.8, 4) is 11.8 Å². The van der Waals surface area contributed by atoms with Crippen molar-refractivity contribution in [1.82, 2.24) is 29.5 Å². The smallest absolute Gasteiger partial charge is 0.294 e. The molecule has 0 aromatic carbocycles. The molecule has 12 heteroatoms. The van der Waals surface area contributed by atoms with Crippen LogP contribution in [0.25, 0.3) is 16.7 Å². The van der Waals surface area contributed by atoms with Crippen molar-refractivity contribution >= 4 is 45.7 Å². The maximum Gasteiger partial charge on any atom is 0.294 e. The lowest BCUT2D eigenvalue weighted by Crippen LogP contribution is -2.29. The van der Waals surface area contributed by atoms with Gasteiger partial charge in [-0.1, -0.05) is 11.6 Å². The Kier molecular flexibility index (Phi) is 5.85. The highest BCUT2D eigenvalue weighted by atomic mass is 35.5. The lowest BCUT2D eigenvalue weighted by Gasteiger charge is -2.16. The summed E-state index contributed by atoms with van der Waals surface area (Å²) in [6, 6.07) is 6.73. The lowest BCUT2D eigenvalue weighted by molar-refractivity contribution is -0.122. The van der Waals surface area contributed by atoms with E-state index in [4.69, 9.17) is 16.3 Å². The standard InChI is InChI=1S/C21H19ClN8O3/c1-11(2)29-19-12(5-15(21(29)32)33-10-18(31)24-3)4-14(9-25-19)27-17-6-16(22)28-20-13(7-23)8-26-30(17)20/h4-6,8-9,11,27H,10H2,1-3H3,(H,24,31). The van der Waals surface area contributed by atoms with Gasteiger partial charge in [0.25, 0.3) is 11.5 Å². The number of aromatic nitrogens is 5. The molecule has 33 heavy (non-hydrogen) atoms. The number of amides is 1. The molecule has 0 aliphatic rings. The first-order valence-corrected chi connectivity index (χ1v) is 10.3. The molecule has 0 spiro atoms. The maximum absolute atomic E-state index is 12.9.